The van der Waals surface area contributed by atoms with E-state index in [-0.39, 0.29) is 0 Å². The summed E-state index contributed by atoms with van der Waals surface area (Å²) in [4.78, 5) is 0. The SMILES string of the molecule is CCCPC/C=C1\CCC2C3CCc4cc(O)ccc4C3CCC12C. The first-order valence-electron chi connectivity index (χ1n) is 10.4. The van der Waals surface area contributed by atoms with Gasteiger partial charge < -0.3 is 5.11 Å². The Bertz CT molecular complexity index is 664. The number of hydrogen-bond acceptors (Lipinski definition) is 1. The predicted octanol–water partition coefficient (Wildman–Crippen LogP) is 6.26. The highest BCUT2D eigenvalue weighted by atomic mass is 31.1. The quantitative estimate of drug-likeness (QED) is 0.383. The summed E-state index contributed by atoms with van der Waals surface area (Å²) < 4.78 is 0. The Morgan fingerprint density at radius 1 is 1.24 bits per heavy atom. The number of fused-ring (bicyclic) bond motifs is 5. The van der Waals surface area contributed by atoms with Gasteiger partial charge in [0.05, 0.1) is 0 Å². The molecule has 0 aromatic heterocycles. The van der Waals surface area contributed by atoms with Crippen molar-refractivity contribution in [1.82, 2.24) is 0 Å². The molecular weight excluding hydrogens is 323 g/mol. The van der Waals surface area contributed by atoms with Crippen molar-refractivity contribution >= 4 is 8.58 Å². The Labute approximate surface area is 155 Å². The van der Waals surface area contributed by atoms with Gasteiger partial charge in [-0.15, -0.1) is 8.58 Å². The molecule has 136 valence electrons. The number of aryl methyl sites for hydroxylation is 1. The number of rotatable bonds is 4. The molecule has 2 saturated carbocycles. The van der Waals surface area contributed by atoms with E-state index in [0.717, 1.165) is 32.8 Å². The van der Waals surface area contributed by atoms with Crippen molar-refractivity contribution in [3.05, 3.63) is 41.0 Å². The molecule has 1 aromatic carbocycles. The van der Waals surface area contributed by atoms with Crippen molar-refractivity contribution in [3.8, 4) is 5.75 Å². The molecule has 2 heteroatoms. The van der Waals surface area contributed by atoms with E-state index in [0.29, 0.717) is 11.2 Å². The van der Waals surface area contributed by atoms with Crippen LogP contribution in [0.2, 0.25) is 0 Å². The minimum atomic E-state index is 0.442. The van der Waals surface area contributed by atoms with Crippen LogP contribution in [0.25, 0.3) is 0 Å². The van der Waals surface area contributed by atoms with Gasteiger partial charge in [-0.25, -0.2) is 0 Å². The molecule has 5 unspecified atom stereocenters. The van der Waals surface area contributed by atoms with E-state index >= 15 is 0 Å². The van der Waals surface area contributed by atoms with Crippen LogP contribution >= 0.6 is 8.58 Å². The van der Waals surface area contributed by atoms with E-state index in [1.54, 1.807) is 11.1 Å². The lowest BCUT2D eigenvalue weighted by molar-refractivity contribution is 0.0813. The van der Waals surface area contributed by atoms with Crippen LogP contribution in [-0.2, 0) is 6.42 Å². The predicted molar refractivity (Wildman–Crippen MR) is 109 cm³/mol. The van der Waals surface area contributed by atoms with Gasteiger partial charge in [-0.1, -0.05) is 38.0 Å². The van der Waals surface area contributed by atoms with Gasteiger partial charge in [0.1, 0.15) is 5.75 Å². The molecule has 3 aliphatic rings. The van der Waals surface area contributed by atoms with Crippen LogP contribution < -0.4 is 0 Å². The summed E-state index contributed by atoms with van der Waals surface area (Å²) in [6.07, 6.45) is 14.6. The maximum absolute atomic E-state index is 9.82. The van der Waals surface area contributed by atoms with E-state index in [1.807, 2.05) is 12.1 Å². The normalized spacial score (nSPS) is 35.8. The second kappa shape index (κ2) is 7.07. The van der Waals surface area contributed by atoms with Crippen LogP contribution in [0.3, 0.4) is 0 Å². The Hall–Kier alpha value is -0.810. The van der Waals surface area contributed by atoms with Crippen LogP contribution in [0.1, 0.15) is 69.4 Å². The molecule has 0 aliphatic heterocycles. The van der Waals surface area contributed by atoms with Gasteiger partial charge in [-0.05, 0) is 97.3 Å². The number of aromatic hydroxyl groups is 1. The lowest BCUT2D eigenvalue weighted by Crippen LogP contribution is -2.40. The van der Waals surface area contributed by atoms with Crippen LogP contribution in [-0.4, -0.2) is 17.4 Å². The highest BCUT2D eigenvalue weighted by Crippen LogP contribution is 2.62. The summed E-state index contributed by atoms with van der Waals surface area (Å²) in [5.74, 6) is 2.93. The first-order chi connectivity index (χ1) is 12.1. The monoisotopic (exact) mass is 356 g/mol. The van der Waals surface area contributed by atoms with Gasteiger partial charge >= 0.3 is 0 Å². The molecule has 2 fully saturated rings. The van der Waals surface area contributed by atoms with Crippen molar-refractivity contribution < 1.29 is 5.11 Å². The summed E-state index contributed by atoms with van der Waals surface area (Å²) in [5, 5.41) is 9.82. The van der Waals surface area contributed by atoms with Crippen LogP contribution in [0, 0.1) is 17.3 Å². The summed E-state index contributed by atoms with van der Waals surface area (Å²) in [5.41, 5.74) is 5.25. The fourth-order valence-electron chi connectivity index (χ4n) is 6.23. The Morgan fingerprint density at radius 3 is 2.96 bits per heavy atom. The molecule has 1 nitrogen and oxygen atoms in total. The van der Waals surface area contributed by atoms with Gasteiger partial charge in [0.25, 0.3) is 0 Å². The number of benzene rings is 1. The smallest absolute Gasteiger partial charge is 0.115 e. The molecule has 1 N–H and O–H groups in total. The van der Waals surface area contributed by atoms with E-state index < -0.39 is 0 Å². The second-order valence-electron chi connectivity index (χ2n) is 8.73. The number of phenolic OH excluding ortho intramolecular Hbond substituents is 1. The molecule has 0 heterocycles. The fourth-order valence-corrected chi connectivity index (χ4v) is 7.17. The lowest BCUT2D eigenvalue weighted by atomic mass is 9.55. The fraction of sp³-hybridized carbons (Fsp3) is 0.652. The zero-order chi connectivity index (χ0) is 17.4. The highest BCUT2D eigenvalue weighted by Gasteiger charge is 2.52. The summed E-state index contributed by atoms with van der Waals surface area (Å²) >= 11 is 0. The molecular formula is C23H33OP. The van der Waals surface area contributed by atoms with Gasteiger partial charge in [-0.3, -0.25) is 0 Å². The molecule has 0 saturated heterocycles. The second-order valence-corrected chi connectivity index (χ2v) is 10.1. The van der Waals surface area contributed by atoms with E-state index in [4.69, 9.17) is 0 Å². The average Bonchev–Trinajstić information content (AvgIpc) is 2.95. The van der Waals surface area contributed by atoms with Crippen molar-refractivity contribution in [1.29, 1.82) is 0 Å². The minimum Gasteiger partial charge on any atom is -0.508 e. The molecule has 5 atom stereocenters. The molecule has 0 spiro atoms. The maximum Gasteiger partial charge on any atom is 0.115 e. The Kier molecular flexibility index (Phi) is 4.98. The third-order valence-electron chi connectivity index (χ3n) is 7.48. The van der Waals surface area contributed by atoms with E-state index in [9.17, 15) is 5.11 Å². The Morgan fingerprint density at radius 2 is 2.12 bits per heavy atom. The molecule has 3 aliphatic carbocycles. The third kappa shape index (κ3) is 3.08. The highest BCUT2D eigenvalue weighted by molar-refractivity contribution is 7.38. The van der Waals surface area contributed by atoms with E-state index in [2.05, 4.69) is 26.0 Å². The van der Waals surface area contributed by atoms with Crippen LogP contribution in [0.5, 0.6) is 5.75 Å². The number of allylic oxidation sites excluding steroid dienone is 2. The number of phenols is 1. The van der Waals surface area contributed by atoms with Crippen molar-refractivity contribution in [2.45, 2.75) is 64.7 Å². The summed E-state index contributed by atoms with van der Waals surface area (Å²) in [6.45, 7) is 4.89. The lowest BCUT2D eigenvalue weighted by Gasteiger charge is -2.49. The molecule has 4 rings (SSSR count). The number of hydrogen-bond donors (Lipinski definition) is 1. The minimum absolute atomic E-state index is 0.442. The maximum atomic E-state index is 9.82. The standard InChI is InChI=1S/C23H33OP/c1-3-13-25-14-11-17-5-9-22-21-7-4-16-15-18(24)6-8-19(16)20(21)10-12-23(17,22)2/h6,8,11,15,20-22,24-25H,3-5,7,9-10,12-14H2,1-2H3/b17-11+. The first kappa shape index (κ1) is 17.6. The molecule has 0 amide bonds. The molecule has 25 heavy (non-hydrogen) atoms. The van der Waals surface area contributed by atoms with Crippen LogP contribution in [0.4, 0.5) is 0 Å². The molecule has 0 bridgehead atoms. The zero-order valence-electron chi connectivity index (χ0n) is 15.9. The van der Waals surface area contributed by atoms with Crippen LogP contribution in [0.15, 0.2) is 29.8 Å². The summed E-state index contributed by atoms with van der Waals surface area (Å²) in [6, 6.07) is 6.15. The van der Waals surface area contributed by atoms with Gasteiger partial charge in [0, 0.05) is 0 Å². The topological polar surface area (TPSA) is 20.2 Å². The van der Waals surface area contributed by atoms with Gasteiger partial charge in [0.15, 0.2) is 0 Å². The molecule has 0 radical (unpaired) electrons. The average molecular weight is 356 g/mol. The van der Waals surface area contributed by atoms with Crippen molar-refractivity contribution in [3.63, 3.8) is 0 Å². The summed E-state index contributed by atoms with van der Waals surface area (Å²) in [7, 11) is 1.12. The largest absolute Gasteiger partial charge is 0.508 e. The van der Waals surface area contributed by atoms with Gasteiger partial charge in [-0.2, -0.15) is 0 Å². The van der Waals surface area contributed by atoms with Crippen molar-refractivity contribution in [2.75, 3.05) is 12.3 Å². The van der Waals surface area contributed by atoms with Crippen molar-refractivity contribution in [2.24, 2.45) is 17.3 Å². The Balaban J connectivity index is 1.55. The zero-order valence-corrected chi connectivity index (χ0v) is 16.9. The first-order valence-corrected chi connectivity index (χ1v) is 11.8. The molecule has 1 aromatic rings. The third-order valence-corrected chi connectivity index (χ3v) is 8.82. The van der Waals surface area contributed by atoms with E-state index in [1.165, 1.54) is 56.4 Å². The van der Waals surface area contributed by atoms with Gasteiger partial charge in [0.2, 0.25) is 0 Å².